The van der Waals surface area contributed by atoms with E-state index in [4.69, 9.17) is 11.6 Å². The number of amides is 2. The van der Waals surface area contributed by atoms with Crippen molar-refractivity contribution in [2.24, 2.45) is 5.92 Å². The first-order valence-corrected chi connectivity index (χ1v) is 7.43. The topological polar surface area (TPSA) is 87.2 Å². The van der Waals surface area contributed by atoms with Gasteiger partial charge in [-0.3, -0.25) is 20.4 Å². The molecule has 0 saturated carbocycles. The molecule has 2 heterocycles. The summed E-state index contributed by atoms with van der Waals surface area (Å²) in [5.41, 5.74) is 5.79. The van der Waals surface area contributed by atoms with Crippen molar-refractivity contribution in [3.8, 4) is 0 Å². The van der Waals surface area contributed by atoms with Crippen LogP contribution in [0.3, 0.4) is 0 Å². The van der Waals surface area contributed by atoms with Crippen molar-refractivity contribution in [3.05, 3.63) is 47.7 Å². The lowest BCUT2D eigenvalue weighted by atomic mass is 10.1. The van der Waals surface area contributed by atoms with Crippen LogP contribution in [0.25, 0.3) is 0 Å². The monoisotopic (exact) mass is 331 g/mol. The molecule has 2 N–H and O–H groups in total. The molecular formula is C15H14ClN5O2. The van der Waals surface area contributed by atoms with E-state index in [0.717, 1.165) is 5.69 Å². The van der Waals surface area contributed by atoms with Crippen LogP contribution >= 0.6 is 11.6 Å². The van der Waals surface area contributed by atoms with Gasteiger partial charge >= 0.3 is 0 Å². The molecule has 23 heavy (non-hydrogen) atoms. The van der Waals surface area contributed by atoms with Gasteiger partial charge in [0.1, 0.15) is 5.92 Å². The van der Waals surface area contributed by atoms with Gasteiger partial charge in [0.2, 0.25) is 11.9 Å². The highest BCUT2D eigenvalue weighted by Crippen LogP contribution is 2.26. The fourth-order valence-electron chi connectivity index (χ4n) is 2.37. The highest BCUT2D eigenvalue weighted by molar-refractivity contribution is 6.30. The molecule has 7 nitrogen and oxygen atoms in total. The molecule has 1 aliphatic rings. The van der Waals surface area contributed by atoms with Crippen LogP contribution in [-0.2, 0) is 9.59 Å². The second-order valence-electron chi connectivity index (χ2n) is 4.99. The number of aromatic nitrogens is 2. The maximum absolute atomic E-state index is 12.4. The number of benzene rings is 1. The van der Waals surface area contributed by atoms with Crippen molar-refractivity contribution in [3.63, 3.8) is 0 Å². The molecular weight excluding hydrogens is 318 g/mol. The molecule has 0 aliphatic carbocycles. The first kappa shape index (κ1) is 15.2. The molecule has 1 aromatic carbocycles. The van der Waals surface area contributed by atoms with E-state index in [1.807, 2.05) is 0 Å². The van der Waals surface area contributed by atoms with Crippen LogP contribution in [0.5, 0.6) is 0 Å². The summed E-state index contributed by atoms with van der Waals surface area (Å²) in [5.74, 6) is -1.11. The normalized spacial score (nSPS) is 17.2. The zero-order valence-corrected chi connectivity index (χ0v) is 12.8. The Balaban J connectivity index is 1.62. The number of halogens is 1. The van der Waals surface area contributed by atoms with Gasteiger partial charge in [-0.2, -0.15) is 0 Å². The molecule has 2 amide bonds. The van der Waals surface area contributed by atoms with Crippen molar-refractivity contribution in [1.29, 1.82) is 0 Å². The predicted molar refractivity (Wildman–Crippen MR) is 85.7 cm³/mol. The number of hydrogen-bond acceptors (Lipinski definition) is 5. The Kier molecular flexibility index (Phi) is 4.38. The van der Waals surface area contributed by atoms with Crippen LogP contribution in [0, 0.1) is 5.92 Å². The van der Waals surface area contributed by atoms with Gasteiger partial charge in [-0.05, 0) is 36.8 Å². The summed E-state index contributed by atoms with van der Waals surface area (Å²) < 4.78 is 0. The second-order valence-corrected chi connectivity index (χ2v) is 5.43. The average molecular weight is 332 g/mol. The lowest BCUT2D eigenvalue weighted by Crippen LogP contribution is -2.39. The van der Waals surface area contributed by atoms with Crippen LogP contribution < -0.4 is 15.8 Å². The van der Waals surface area contributed by atoms with Crippen LogP contribution in [-0.4, -0.2) is 28.3 Å². The quantitative estimate of drug-likeness (QED) is 0.656. The zero-order valence-electron chi connectivity index (χ0n) is 12.1. The number of nitrogens with one attached hydrogen (secondary N) is 2. The molecule has 1 atom stereocenters. The molecule has 0 radical (unpaired) electrons. The number of carbonyl (C=O) groups is 2. The molecule has 1 aromatic heterocycles. The van der Waals surface area contributed by atoms with E-state index < -0.39 is 11.8 Å². The Morgan fingerprint density at radius 3 is 2.61 bits per heavy atom. The lowest BCUT2D eigenvalue weighted by molar-refractivity contribution is -0.131. The first-order valence-electron chi connectivity index (χ1n) is 7.05. The van der Waals surface area contributed by atoms with Gasteiger partial charge < -0.3 is 4.90 Å². The van der Waals surface area contributed by atoms with E-state index in [1.54, 1.807) is 47.6 Å². The summed E-state index contributed by atoms with van der Waals surface area (Å²) in [6, 6.07) is 8.61. The Hall–Kier alpha value is -2.67. The van der Waals surface area contributed by atoms with E-state index in [-0.39, 0.29) is 11.9 Å². The number of nitrogens with zero attached hydrogens (tertiary/aromatic N) is 3. The molecule has 118 valence electrons. The van der Waals surface area contributed by atoms with Crippen molar-refractivity contribution < 1.29 is 9.59 Å². The van der Waals surface area contributed by atoms with Crippen LogP contribution in [0.1, 0.15) is 6.42 Å². The SMILES string of the molecule is O=C(NNc1ncccn1)C1CCN(c2ccc(Cl)cc2)C1=O. The highest BCUT2D eigenvalue weighted by Gasteiger charge is 2.37. The first-order chi connectivity index (χ1) is 11.1. The fourth-order valence-corrected chi connectivity index (χ4v) is 2.49. The molecule has 1 aliphatic heterocycles. The maximum atomic E-state index is 12.4. The maximum Gasteiger partial charge on any atom is 0.251 e. The van der Waals surface area contributed by atoms with Crippen LogP contribution in [0.4, 0.5) is 11.6 Å². The smallest absolute Gasteiger partial charge is 0.251 e. The second kappa shape index (κ2) is 6.62. The number of hydrazine groups is 1. The minimum atomic E-state index is -0.734. The van der Waals surface area contributed by atoms with Gasteiger partial charge in [0.25, 0.3) is 5.91 Å². The standard InChI is InChI=1S/C15H14ClN5O2/c16-10-2-4-11(5-3-10)21-9-6-12(14(21)23)13(22)19-20-15-17-7-1-8-18-15/h1-5,7-8,12H,6,9H2,(H,19,22)(H,17,18,20). The number of carbonyl (C=O) groups excluding carboxylic acids is 2. The average Bonchev–Trinajstić information content (AvgIpc) is 2.96. The summed E-state index contributed by atoms with van der Waals surface area (Å²) in [6.45, 7) is 0.486. The number of hydrogen-bond donors (Lipinski definition) is 2. The summed E-state index contributed by atoms with van der Waals surface area (Å²) in [4.78, 5) is 34.0. The molecule has 8 heteroatoms. The Morgan fingerprint density at radius 2 is 1.91 bits per heavy atom. The van der Waals surface area contributed by atoms with Gasteiger partial charge in [-0.25, -0.2) is 9.97 Å². The number of anilines is 2. The minimum absolute atomic E-state index is 0.236. The Bertz CT molecular complexity index is 708. The van der Waals surface area contributed by atoms with Gasteiger partial charge in [0.05, 0.1) is 0 Å². The molecule has 0 bridgehead atoms. The molecule has 1 fully saturated rings. The van der Waals surface area contributed by atoms with E-state index in [2.05, 4.69) is 20.8 Å². The molecule has 1 saturated heterocycles. The molecule has 1 unspecified atom stereocenters. The zero-order chi connectivity index (χ0) is 16.2. The molecule has 2 aromatic rings. The summed E-state index contributed by atoms with van der Waals surface area (Å²) in [6.07, 6.45) is 3.54. The fraction of sp³-hybridized carbons (Fsp3) is 0.200. The van der Waals surface area contributed by atoms with Gasteiger partial charge in [0, 0.05) is 29.6 Å². The van der Waals surface area contributed by atoms with Crippen molar-refractivity contribution >= 4 is 35.1 Å². The highest BCUT2D eigenvalue weighted by atomic mass is 35.5. The van der Waals surface area contributed by atoms with Gasteiger partial charge in [-0.15, -0.1) is 0 Å². The lowest BCUT2D eigenvalue weighted by Gasteiger charge is -2.17. The molecule has 3 rings (SSSR count). The third kappa shape index (κ3) is 3.40. The minimum Gasteiger partial charge on any atom is -0.312 e. The van der Waals surface area contributed by atoms with Gasteiger partial charge in [0.15, 0.2) is 0 Å². The van der Waals surface area contributed by atoms with E-state index >= 15 is 0 Å². The van der Waals surface area contributed by atoms with Crippen LogP contribution in [0.15, 0.2) is 42.7 Å². The third-order valence-corrected chi connectivity index (χ3v) is 3.78. The van der Waals surface area contributed by atoms with E-state index in [0.29, 0.717) is 18.0 Å². The largest absolute Gasteiger partial charge is 0.312 e. The Morgan fingerprint density at radius 1 is 1.22 bits per heavy atom. The van der Waals surface area contributed by atoms with E-state index in [9.17, 15) is 9.59 Å². The van der Waals surface area contributed by atoms with Crippen molar-refractivity contribution in [2.75, 3.05) is 16.9 Å². The van der Waals surface area contributed by atoms with Crippen molar-refractivity contribution in [2.45, 2.75) is 6.42 Å². The predicted octanol–water partition coefficient (Wildman–Crippen LogP) is 1.63. The summed E-state index contributed by atoms with van der Waals surface area (Å²) in [5, 5.41) is 0.599. The van der Waals surface area contributed by atoms with E-state index in [1.165, 1.54) is 0 Å². The van der Waals surface area contributed by atoms with Crippen LogP contribution in [0.2, 0.25) is 5.02 Å². The number of rotatable bonds is 4. The third-order valence-electron chi connectivity index (χ3n) is 3.52. The summed E-state index contributed by atoms with van der Waals surface area (Å²) >= 11 is 5.85. The molecule has 0 spiro atoms. The summed E-state index contributed by atoms with van der Waals surface area (Å²) in [7, 11) is 0. The Labute approximate surface area is 137 Å². The van der Waals surface area contributed by atoms with Crippen molar-refractivity contribution in [1.82, 2.24) is 15.4 Å². The van der Waals surface area contributed by atoms with Gasteiger partial charge in [-0.1, -0.05) is 11.6 Å².